The van der Waals surface area contributed by atoms with Crippen LogP contribution in [0.15, 0.2) is 12.1 Å². The average Bonchev–Trinajstić information content (AvgIpc) is 2.63. The minimum absolute atomic E-state index is 0.127. The molecule has 0 fully saturated rings. The third-order valence-electron chi connectivity index (χ3n) is 3.43. The molecule has 5 heteroatoms. The van der Waals surface area contributed by atoms with Gasteiger partial charge in [0.05, 0.1) is 18.1 Å². The number of fused-ring (bicyclic) bond motifs is 1. The van der Waals surface area contributed by atoms with Gasteiger partial charge in [-0.15, -0.1) is 0 Å². The molecule has 1 heterocycles. The van der Waals surface area contributed by atoms with Crippen molar-refractivity contribution in [3.05, 3.63) is 22.7 Å². The zero-order valence-electron chi connectivity index (χ0n) is 11.0. The molecular formula is C13H17FN2OS. The van der Waals surface area contributed by atoms with E-state index in [0.29, 0.717) is 10.3 Å². The average molecular weight is 268 g/mol. The van der Waals surface area contributed by atoms with Crippen molar-refractivity contribution >= 4 is 23.3 Å². The van der Waals surface area contributed by atoms with E-state index in [2.05, 4.69) is 25.8 Å². The lowest BCUT2D eigenvalue weighted by Gasteiger charge is -2.25. The number of methoxy groups -OCH3 is 1. The van der Waals surface area contributed by atoms with Crippen LogP contribution in [-0.2, 0) is 5.54 Å². The summed E-state index contributed by atoms with van der Waals surface area (Å²) in [5.74, 6) is -0.153. The van der Waals surface area contributed by atoms with E-state index in [0.717, 1.165) is 11.9 Å². The van der Waals surface area contributed by atoms with Crippen LogP contribution in [0, 0.1) is 10.6 Å². The summed E-state index contributed by atoms with van der Waals surface area (Å²) in [5.41, 5.74) is 1.43. The van der Waals surface area contributed by atoms with Gasteiger partial charge in [0.2, 0.25) is 0 Å². The quantitative estimate of drug-likeness (QED) is 0.853. The minimum atomic E-state index is -0.386. The van der Waals surface area contributed by atoms with Gasteiger partial charge in [-0.3, -0.25) is 0 Å². The van der Waals surface area contributed by atoms with E-state index in [4.69, 9.17) is 17.0 Å². The molecule has 1 aromatic heterocycles. The lowest BCUT2D eigenvalue weighted by Crippen LogP contribution is -2.25. The molecule has 0 aliphatic rings. The Morgan fingerprint density at radius 1 is 1.44 bits per heavy atom. The van der Waals surface area contributed by atoms with E-state index in [1.807, 2.05) is 4.57 Å². The highest BCUT2D eigenvalue weighted by molar-refractivity contribution is 7.71. The molecule has 2 rings (SSSR count). The Labute approximate surface area is 111 Å². The van der Waals surface area contributed by atoms with Gasteiger partial charge in [-0.05, 0) is 32.5 Å². The normalized spacial score (nSPS) is 12.1. The smallest absolute Gasteiger partial charge is 0.178 e. The Hall–Kier alpha value is -1.36. The number of aromatic nitrogens is 2. The van der Waals surface area contributed by atoms with Crippen molar-refractivity contribution in [2.24, 2.45) is 0 Å². The van der Waals surface area contributed by atoms with Gasteiger partial charge in [0.15, 0.2) is 16.3 Å². The molecule has 0 atom stereocenters. The molecule has 2 aromatic rings. The van der Waals surface area contributed by atoms with Gasteiger partial charge in [-0.25, -0.2) is 4.39 Å². The first kappa shape index (κ1) is 13.1. The van der Waals surface area contributed by atoms with E-state index in [-0.39, 0.29) is 17.1 Å². The van der Waals surface area contributed by atoms with Gasteiger partial charge in [0.1, 0.15) is 0 Å². The molecule has 0 bridgehead atoms. The highest BCUT2D eigenvalue weighted by atomic mass is 32.1. The van der Waals surface area contributed by atoms with E-state index < -0.39 is 0 Å². The molecule has 0 aliphatic heterocycles. The SMILES string of the molecule is CCC(C)(C)n1c(=S)[nH]c2cc(F)c(OC)cc21. The number of ether oxygens (including phenoxy) is 1. The first-order valence-electron chi connectivity index (χ1n) is 5.89. The molecule has 0 radical (unpaired) electrons. The number of hydrogen-bond donors (Lipinski definition) is 1. The summed E-state index contributed by atoms with van der Waals surface area (Å²) in [6.45, 7) is 6.30. The monoisotopic (exact) mass is 268 g/mol. The molecule has 1 aromatic carbocycles. The molecule has 0 unspecified atom stereocenters. The number of nitrogens with zero attached hydrogens (tertiary/aromatic N) is 1. The van der Waals surface area contributed by atoms with Crippen molar-refractivity contribution in [1.82, 2.24) is 9.55 Å². The third kappa shape index (κ3) is 1.92. The van der Waals surface area contributed by atoms with E-state index >= 15 is 0 Å². The predicted octanol–water partition coefficient (Wildman–Crippen LogP) is 3.99. The molecule has 0 amide bonds. The number of H-pyrrole nitrogens is 1. The van der Waals surface area contributed by atoms with Crippen LogP contribution in [0.5, 0.6) is 5.75 Å². The first-order valence-corrected chi connectivity index (χ1v) is 6.30. The zero-order chi connectivity index (χ0) is 13.5. The number of aromatic amines is 1. The van der Waals surface area contributed by atoms with Crippen LogP contribution in [-0.4, -0.2) is 16.7 Å². The predicted molar refractivity (Wildman–Crippen MR) is 73.2 cm³/mol. The second-order valence-electron chi connectivity index (χ2n) is 4.94. The van der Waals surface area contributed by atoms with Gasteiger partial charge in [0, 0.05) is 17.7 Å². The Bertz CT molecular complexity index is 642. The number of nitrogens with one attached hydrogen (secondary N) is 1. The van der Waals surface area contributed by atoms with Crippen molar-refractivity contribution in [2.75, 3.05) is 7.11 Å². The van der Waals surface area contributed by atoms with Gasteiger partial charge < -0.3 is 14.3 Å². The first-order chi connectivity index (χ1) is 8.40. The molecule has 18 heavy (non-hydrogen) atoms. The largest absolute Gasteiger partial charge is 0.494 e. The highest BCUT2D eigenvalue weighted by Crippen LogP contribution is 2.30. The third-order valence-corrected chi connectivity index (χ3v) is 3.71. The van der Waals surface area contributed by atoms with Crippen molar-refractivity contribution in [1.29, 1.82) is 0 Å². The van der Waals surface area contributed by atoms with E-state index in [1.54, 1.807) is 6.07 Å². The maximum atomic E-state index is 13.7. The Morgan fingerprint density at radius 3 is 2.67 bits per heavy atom. The van der Waals surface area contributed by atoms with E-state index in [9.17, 15) is 4.39 Å². The zero-order valence-corrected chi connectivity index (χ0v) is 11.8. The number of halogens is 1. The minimum Gasteiger partial charge on any atom is -0.494 e. The Morgan fingerprint density at radius 2 is 2.11 bits per heavy atom. The topological polar surface area (TPSA) is 29.9 Å². The van der Waals surface area contributed by atoms with Gasteiger partial charge >= 0.3 is 0 Å². The number of rotatable bonds is 3. The maximum Gasteiger partial charge on any atom is 0.178 e. The molecule has 0 spiro atoms. The lowest BCUT2D eigenvalue weighted by atomic mass is 10.0. The molecule has 1 N–H and O–H groups in total. The van der Waals surface area contributed by atoms with Crippen LogP contribution < -0.4 is 4.74 Å². The summed E-state index contributed by atoms with van der Waals surface area (Å²) < 4.78 is 21.3. The second kappa shape index (κ2) is 4.39. The lowest BCUT2D eigenvalue weighted by molar-refractivity contribution is 0.347. The number of benzene rings is 1. The molecule has 0 saturated heterocycles. The summed E-state index contributed by atoms with van der Waals surface area (Å²) in [6.07, 6.45) is 0.925. The fourth-order valence-electron chi connectivity index (χ4n) is 2.02. The number of imidazole rings is 1. The molecule has 3 nitrogen and oxygen atoms in total. The van der Waals surface area contributed by atoms with Crippen molar-refractivity contribution < 1.29 is 9.13 Å². The summed E-state index contributed by atoms with van der Waals surface area (Å²) in [7, 11) is 1.46. The van der Waals surface area contributed by atoms with Crippen LogP contribution in [0.4, 0.5) is 4.39 Å². The molecule has 98 valence electrons. The molecule has 0 aliphatic carbocycles. The van der Waals surface area contributed by atoms with E-state index in [1.165, 1.54) is 13.2 Å². The van der Waals surface area contributed by atoms with Gasteiger partial charge in [-0.2, -0.15) is 0 Å². The highest BCUT2D eigenvalue weighted by Gasteiger charge is 2.22. The van der Waals surface area contributed by atoms with Crippen LogP contribution in [0.2, 0.25) is 0 Å². The van der Waals surface area contributed by atoms with Crippen LogP contribution in [0.25, 0.3) is 11.0 Å². The van der Waals surface area contributed by atoms with Crippen molar-refractivity contribution in [3.63, 3.8) is 0 Å². The molecular weight excluding hydrogens is 251 g/mol. The number of hydrogen-bond acceptors (Lipinski definition) is 2. The summed E-state index contributed by atoms with van der Waals surface area (Å²) in [6, 6.07) is 3.11. The summed E-state index contributed by atoms with van der Waals surface area (Å²) in [5, 5.41) is 0. The maximum absolute atomic E-state index is 13.7. The summed E-state index contributed by atoms with van der Waals surface area (Å²) in [4.78, 5) is 3.04. The Kier molecular flexibility index (Phi) is 3.19. The Balaban J connectivity index is 2.82. The van der Waals surface area contributed by atoms with Crippen molar-refractivity contribution in [3.8, 4) is 5.75 Å². The van der Waals surface area contributed by atoms with Crippen LogP contribution >= 0.6 is 12.2 Å². The summed E-state index contributed by atoms with van der Waals surface area (Å²) >= 11 is 5.33. The fraction of sp³-hybridized carbons (Fsp3) is 0.462. The standard InChI is InChI=1S/C13H17FN2OS/c1-5-13(2,3)16-10-7-11(17-4)8(14)6-9(10)15-12(16)18/h6-7H,5H2,1-4H3,(H,15,18). The van der Waals surface area contributed by atoms with Crippen LogP contribution in [0.1, 0.15) is 27.2 Å². The van der Waals surface area contributed by atoms with Gasteiger partial charge in [0.25, 0.3) is 0 Å². The van der Waals surface area contributed by atoms with Crippen LogP contribution in [0.3, 0.4) is 0 Å². The molecule has 0 saturated carbocycles. The fourth-order valence-corrected chi connectivity index (χ4v) is 2.48. The van der Waals surface area contributed by atoms with Crippen molar-refractivity contribution in [2.45, 2.75) is 32.7 Å². The van der Waals surface area contributed by atoms with Gasteiger partial charge in [-0.1, -0.05) is 6.92 Å². The second-order valence-corrected chi connectivity index (χ2v) is 5.32.